The van der Waals surface area contributed by atoms with Gasteiger partial charge < -0.3 is 20.4 Å². The van der Waals surface area contributed by atoms with E-state index < -0.39 is 0 Å². The molecule has 11 heteroatoms. The Kier molecular flexibility index (Phi) is 13.3. The van der Waals surface area contributed by atoms with Gasteiger partial charge in [-0.1, -0.05) is 133 Å². The fraction of sp³-hybridized carbons (Fsp3) is 0.0417. The Morgan fingerprint density at radius 1 is 0.407 bits per heavy atom. The van der Waals surface area contributed by atoms with Gasteiger partial charge in [-0.15, -0.1) is 20.5 Å². The minimum absolute atomic E-state index is 0. The molecule has 0 aliphatic heterocycles. The van der Waals surface area contributed by atoms with Crippen molar-refractivity contribution in [3.63, 3.8) is 0 Å². The number of Topliss-reactive ketones (excluding diaryl/α,β-unsaturated/α-hetero) is 2. The van der Waals surface area contributed by atoms with Crippen LogP contribution < -0.4 is 0 Å². The summed E-state index contributed by atoms with van der Waals surface area (Å²) in [6, 6.07) is 49.8. The van der Waals surface area contributed by atoms with Crippen LogP contribution in [0.2, 0.25) is 0 Å². The zero-order valence-electron chi connectivity index (χ0n) is 31.3. The molecular weight excluding hydrogens is 784 g/mol. The second kappa shape index (κ2) is 19.1. The van der Waals surface area contributed by atoms with Gasteiger partial charge in [-0.2, -0.15) is 0 Å². The van der Waals surface area contributed by atoms with Crippen molar-refractivity contribution in [2.75, 3.05) is 0 Å². The number of para-hydroxylation sites is 2. The molecule has 10 nitrogen and oxygen atoms in total. The maximum absolute atomic E-state index is 12.9. The zero-order valence-corrected chi connectivity index (χ0v) is 32.4. The summed E-state index contributed by atoms with van der Waals surface area (Å²) in [4.78, 5) is 25.8. The summed E-state index contributed by atoms with van der Waals surface area (Å²) < 4.78 is 0. The van der Waals surface area contributed by atoms with E-state index in [1.807, 2.05) is 97.1 Å². The third-order valence-electron chi connectivity index (χ3n) is 9.29. The first-order valence-electron chi connectivity index (χ1n) is 18.3. The van der Waals surface area contributed by atoms with E-state index in [1.54, 1.807) is 60.7 Å². The first kappa shape index (κ1) is 41.2. The van der Waals surface area contributed by atoms with Crippen LogP contribution in [0.1, 0.15) is 31.8 Å². The predicted molar refractivity (Wildman–Crippen MR) is 225 cm³/mol. The van der Waals surface area contributed by atoms with E-state index in [4.69, 9.17) is 0 Å². The van der Waals surface area contributed by atoms with Gasteiger partial charge in [0.1, 0.15) is 34.2 Å². The first-order valence-corrected chi connectivity index (χ1v) is 18.3. The van der Waals surface area contributed by atoms with E-state index in [2.05, 4.69) is 20.5 Å². The standard InChI is InChI=1S/2C24H18N2O3.Fe/c2*27-21-13-7-6-12-20(21)25-26-23-18-11-5-4-10-17(18)15-19(24(23)29)22(28)14-16-8-2-1-3-9-16;/h2*1-13,15,27,29H,14H2;. The number of phenolic OH excluding ortho intramolecular Hbond substituents is 4. The predicted octanol–water partition coefficient (Wildman–Crippen LogP) is 12.2. The average Bonchev–Trinajstić information content (AvgIpc) is 3.24. The largest absolute Gasteiger partial charge is 0.506 e. The van der Waals surface area contributed by atoms with Crippen LogP contribution in [0.15, 0.2) is 190 Å². The van der Waals surface area contributed by atoms with Gasteiger partial charge in [-0.3, -0.25) is 9.59 Å². The maximum atomic E-state index is 12.9. The van der Waals surface area contributed by atoms with Crippen molar-refractivity contribution in [2.24, 2.45) is 20.5 Å². The minimum atomic E-state index is -0.219. The second-order valence-electron chi connectivity index (χ2n) is 13.2. The molecule has 0 atom stereocenters. The normalized spacial score (nSPS) is 11.0. The Bertz CT molecular complexity index is 2640. The molecule has 8 aromatic rings. The molecule has 0 bridgehead atoms. The number of rotatable bonds is 10. The van der Waals surface area contributed by atoms with Crippen molar-refractivity contribution in [2.45, 2.75) is 12.8 Å². The van der Waals surface area contributed by atoms with E-state index >= 15 is 0 Å². The number of phenols is 4. The Balaban J connectivity index is 0.000000195. The number of carbonyl (C=O) groups excluding carboxylic acids is 2. The van der Waals surface area contributed by atoms with Crippen molar-refractivity contribution in [3.05, 3.63) is 192 Å². The summed E-state index contributed by atoms with van der Waals surface area (Å²) in [5.74, 6) is -0.891. The number of fused-ring (bicyclic) bond motifs is 2. The number of benzene rings is 8. The molecule has 0 saturated carbocycles. The summed E-state index contributed by atoms with van der Waals surface area (Å²) in [5, 5.41) is 60.9. The minimum Gasteiger partial charge on any atom is -0.506 e. The van der Waals surface area contributed by atoms with Crippen LogP contribution in [0.5, 0.6) is 23.0 Å². The second-order valence-corrected chi connectivity index (χ2v) is 13.2. The molecule has 8 aromatic carbocycles. The molecule has 0 unspecified atom stereocenters. The SMILES string of the molecule is O=C(Cc1ccccc1)c1cc2ccccc2c(N=Nc2ccccc2O)c1O.O=C(Cc1ccccc1)c1cc2ccccc2c(N=Nc2ccccc2O)c1O.[Fe]. The molecule has 0 aliphatic rings. The smallest absolute Gasteiger partial charge is 0.171 e. The quantitative estimate of drug-likeness (QED) is 0.0609. The molecule has 0 radical (unpaired) electrons. The van der Waals surface area contributed by atoms with Crippen LogP contribution in [0, 0.1) is 0 Å². The third-order valence-corrected chi connectivity index (χ3v) is 9.29. The number of hydrogen-bond acceptors (Lipinski definition) is 10. The van der Waals surface area contributed by atoms with Gasteiger partial charge in [-0.05, 0) is 58.3 Å². The molecule has 0 heterocycles. The number of azo groups is 2. The van der Waals surface area contributed by atoms with Gasteiger partial charge in [0.2, 0.25) is 0 Å². The average molecular weight is 821 g/mol. The molecule has 0 aromatic heterocycles. The van der Waals surface area contributed by atoms with Crippen molar-refractivity contribution in [3.8, 4) is 23.0 Å². The van der Waals surface area contributed by atoms with Gasteiger partial charge in [0.05, 0.1) is 11.1 Å². The monoisotopic (exact) mass is 820 g/mol. The van der Waals surface area contributed by atoms with Crippen LogP contribution in [0.25, 0.3) is 21.5 Å². The summed E-state index contributed by atoms with van der Waals surface area (Å²) in [7, 11) is 0. The Labute approximate surface area is 350 Å². The molecule has 0 fully saturated rings. The van der Waals surface area contributed by atoms with Crippen LogP contribution >= 0.6 is 0 Å². The maximum Gasteiger partial charge on any atom is 0.171 e. The fourth-order valence-electron chi connectivity index (χ4n) is 6.32. The Morgan fingerprint density at radius 2 is 0.746 bits per heavy atom. The van der Waals surface area contributed by atoms with E-state index in [0.717, 1.165) is 21.9 Å². The number of aromatic hydroxyl groups is 4. The molecule has 0 amide bonds. The van der Waals surface area contributed by atoms with Gasteiger partial charge in [0.25, 0.3) is 0 Å². The van der Waals surface area contributed by atoms with Crippen LogP contribution in [0.4, 0.5) is 22.7 Å². The van der Waals surface area contributed by atoms with Crippen LogP contribution in [-0.4, -0.2) is 32.0 Å². The van der Waals surface area contributed by atoms with Crippen LogP contribution in [0.3, 0.4) is 0 Å². The molecule has 292 valence electrons. The van der Waals surface area contributed by atoms with Crippen molar-refractivity contribution in [1.29, 1.82) is 0 Å². The Hall–Kier alpha value is -7.46. The number of ketones is 2. The van der Waals surface area contributed by atoms with Crippen molar-refractivity contribution >= 4 is 55.9 Å². The first-order chi connectivity index (χ1) is 28.3. The summed E-state index contributed by atoms with van der Waals surface area (Å²) in [6.07, 6.45) is 0.339. The molecule has 0 spiro atoms. The summed E-state index contributed by atoms with van der Waals surface area (Å²) in [5.41, 5.74) is 3.06. The van der Waals surface area contributed by atoms with Crippen molar-refractivity contribution in [1.82, 2.24) is 0 Å². The number of hydrogen-bond donors (Lipinski definition) is 4. The molecule has 0 saturated heterocycles. The van der Waals surface area contributed by atoms with Gasteiger partial charge in [-0.25, -0.2) is 0 Å². The number of carbonyl (C=O) groups is 2. The number of nitrogens with zero attached hydrogens (tertiary/aromatic N) is 4. The summed E-state index contributed by atoms with van der Waals surface area (Å²) >= 11 is 0. The molecule has 59 heavy (non-hydrogen) atoms. The third kappa shape index (κ3) is 9.75. The fourth-order valence-corrected chi connectivity index (χ4v) is 6.32. The molecule has 4 N–H and O–H groups in total. The van der Waals surface area contributed by atoms with E-state index in [1.165, 1.54) is 12.1 Å². The topological polar surface area (TPSA) is 164 Å². The molecule has 0 aliphatic carbocycles. The molecule has 8 rings (SSSR count). The zero-order chi connectivity index (χ0) is 40.4. The van der Waals surface area contributed by atoms with E-state index in [-0.39, 0.29) is 98.4 Å². The van der Waals surface area contributed by atoms with Gasteiger partial charge in [0.15, 0.2) is 23.1 Å². The van der Waals surface area contributed by atoms with E-state index in [9.17, 15) is 30.0 Å². The van der Waals surface area contributed by atoms with Gasteiger partial charge in [0, 0.05) is 40.7 Å². The molecular formula is C48H36FeN4O6. The Morgan fingerprint density at radius 3 is 1.14 bits per heavy atom. The van der Waals surface area contributed by atoms with Crippen molar-refractivity contribution < 1.29 is 47.1 Å². The van der Waals surface area contributed by atoms with Gasteiger partial charge >= 0.3 is 0 Å². The van der Waals surface area contributed by atoms with E-state index in [0.29, 0.717) is 10.8 Å². The summed E-state index contributed by atoms with van der Waals surface area (Å²) in [6.45, 7) is 0. The van der Waals surface area contributed by atoms with Crippen LogP contribution in [-0.2, 0) is 29.9 Å².